The molecule has 0 radical (unpaired) electrons. The van der Waals surface area contributed by atoms with Crippen LogP contribution in [0.5, 0.6) is 0 Å². The number of thiophene rings is 1. The van der Waals surface area contributed by atoms with Crippen molar-refractivity contribution in [2.75, 3.05) is 17.6 Å². The van der Waals surface area contributed by atoms with Gasteiger partial charge in [0.15, 0.2) is 6.61 Å². The minimum atomic E-state index is -3.43. The van der Waals surface area contributed by atoms with Gasteiger partial charge in [-0.05, 0) is 29.6 Å². The standard InChI is InChI=1S/C14H13NO5S2/c1-22(18,19)15-11-5-2-4-10(8-11)14(17)20-9-12(16)13-6-3-7-21-13/h2-8,15H,9H2,1H3. The molecule has 0 unspecified atom stereocenters. The lowest BCUT2D eigenvalue weighted by Gasteiger charge is -2.07. The maximum absolute atomic E-state index is 11.9. The molecule has 0 aliphatic heterocycles. The first-order valence-corrected chi connectivity index (χ1v) is 8.94. The second kappa shape index (κ2) is 6.71. The number of ether oxygens (including phenoxy) is 1. The molecule has 0 bridgehead atoms. The van der Waals surface area contributed by atoms with Gasteiger partial charge in [-0.2, -0.15) is 0 Å². The van der Waals surface area contributed by atoms with Gasteiger partial charge in [-0.1, -0.05) is 12.1 Å². The molecular formula is C14H13NO5S2. The fourth-order valence-corrected chi connectivity index (χ4v) is 2.85. The van der Waals surface area contributed by atoms with Crippen LogP contribution in [0.25, 0.3) is 0 Å². The van der Waals surface area contributed by atoms with E-state index in [2.05, 4.69) is 4.72 Å². The smallest absolute Gasteiger partial charge is 0.338 e. The molecule has 2 rings (SSSR count). The molecule has 0 atom stereocenters. The number of hydrogen-bond donors (Lipinski definition) is 1. The van der Waals surface area contributed by atoms with Gasteiger partial charge in [0, 0.05) is 5.69 Å². The largest absolute Gasteiger partial charge is 0.454 e. The number of benzene rings is 1. The summed E-state index contributed by atoms with van der Waals surface area (Å²) >= 11 is 1.27. The molecule has 6 nitrogen and oxygen atoms in total. The van der Waals surface area contributed by atoms with Crippen LogP contribution in [-0.4, -0.2) is 33.0 Å². The van der Waals surface area contributed by atoms with Crippen LogP contribution in [0.15, 0.2) is 41.8 Å². The number of nitrogens with one attached hydrogen (secondary N) is 1. The number of Topliss-reactive ketones (excluding diaryl/α,β-unsaturated/α-hetero) is 1. The number of rotatable bonds is 6. The summed E-state index contributed by atoms with van der Waals surface area (Å²) in [4.78, 5) is 24.1. The Bertz CT molecular complexity index is 781. The van der Waals surface area contributed by atoms with Crippen molar-refractivity contribution in [1.82, 2.24) is 0 Å². The van der Waals surface area contributed by atoms with E-state index < -0.39 is 16.0 Å². The molecule has 1 aromatic carbocycles. The fraction of sp³-hybridized carbons (Fsp3) is 0.143. The Morgan fingerprint density at radius 3 is 2.64 bits per heavy atom. The van der Waals surface area contributed by atoms with Gasteiger partial charge in [-0.25, -0.2) is 13.2 Å². The summed E-state index contributed by atoms with van der Waals surface area (Å²) < 4.78 is 29.5. The number of anilines is 1. The normalized spacial score (nSPS) is 11.0. The van der Waals surface area contributed by atoms with E-state index in [9.17, 15) is 18.0 Å². The predicted molar refractivity (Wildman–Crippen MR) is 83.8 cm³/mol. The van der Waals surface area contributed by atoms with Gasteiger partial charge in [0.25, 0.3) is 0 Å². The van der Waals surface area contributed by atoms with E-state index in [1.807, 2.05) is 0 Å². The molecule has 116 valence electrons. The fourth-order valence-electron chi connectivity index (χ4n) is 1.65. The highest BCUT2D eigenvalue weighted by Crippen LogP contribution is 2.14. The van der Waals surface area contributed by atoms with E-state index in [0.29, 0.717) is 4.88 Å². The first-order valence-electron chi connectivity index (χ1n) is 6.17. The molecule has 0 amide bonds. The molecule has 8 heteroatoms. The van der Waals surface area contributed by atoms with Crippen LogP contribution < -0.4 is 4.72 Å². The Morgan fingerprint density at radius 1 is 1.23 bits per heavy atom. The van der Waals surface area contributed by atoms with Crippen molar-refractivity contribution in [1.29, 1.82) is 0 Å². The lowest BCUT2D eigenvalue weighted by Crippen LogP contribution is -2.14. The Morgan fingerprint density at radius 2 is 2.00 bits per heavy atom. The van der Waals surface area contributed by atoms with Crippen molar-refractivity contribution in [3.8, 4) is 0 Å². The molecule has 1 N–H and O–H groups in total. The average Bonchev–Trinajstić information content (AvgIpc) is 2.97. The molecule has 0 spiro atoms. The lowest BCUT2D eigenvalue weighted by atomic mass is 10.2. The summed E-state index contributed by atoms with van der Waals surface area (Å²) in [5.74, 6) is -0.976. The van der Waals surface area contributed by atoms with Crippen molar-refractivity contribution in [2.24, 2.45) is 0 Å². The van der Waals surface area contributed by atoms with Gasteiger partial charge in [0.05, 0.1) is 16.7 Å². The minimum absolute atomic E-state index is 0.160. The number of ketones is 1. The van der Waals surface area contributed by atoms with E-state index in [-0.39, 0.29) is 23.6 Å². The monoisotopic (exact) mass is 339 g/mol. The summed E-state index contributed by atoms with van der Waals surface area (Å²) in [6.07, 6.45) is 1.01. The third kappa shape index (κ3) is 4.68. The van der Waals surface area contributed by atoms with Crippen molar-refractivity contribution in [3.63, 3.8) is 0 Å². The quantitative estimate of drug-likeness (QED) is 0.643. The third-order valence-electron chi connectivity index (χ3n) is 2.53. The molecule has 0 saturated heterocycles. The van der Waals surface area contributed by atoms with Crippen LogP contribution >= 0.6 is 11.3 Å². The van der Waals surface area contributed by atoms with Gasteiger partial charge < -0.3 is 4.74 Å². The number of carbonyl (C=O) groups excluding carboxylic acids is 2. The molecule has 0 aliphatic carbocycles. The Kier molecular flexibility index (Phi) is 4.94. The molecule has 0 saturated carbocycles. The van der Waals surface area contributed by atoms with Gasteiger partial charge >= 0.3 is 5.97 Å². The first-order chi connectivity index (χ1) is 10.3. The molecule has 1 aromatic heterocycles. The molecule has 2 aromatic rings. The van der Waals surface area contributed by atoms with Crippen LogP contribution in [-0.2, 0) is 14.8 Å². The zero-order valence-corrected chi connectivity index (χ0v) is 13.2. The third-order valence-corrected chi connectivity index (χ3v) is 4.05. The number of esters is 1. The highest BCUT2D eigenvalue weighted by atomic mass is 32.2. The molecule has 0 fully saturated rings. The summed E-state index contributed by atoms with van der Waals surface area (Å²) in [5.41, 5.74) is 0.411. The van der Waals surface area contributed by atoms with E-state index in [1.165, 1.54) is 35.6 Å². The van der Waals surface area contributed by atoms with Gasteiger partial charge in [-0.15, -0.1) is 11.3 Å². The molecule has 0 aliphatic rings. The topological polar surface area (TPSA) is 89.5 Å². The second-order valence-corrected chi connectivity index (χ2v) is 7.13. The SMILES string of the molecule is CS(=O)(=O)Nc1cccc(C(=O)OCC(=O)c2cccs2)c1. The lowest BCUT2D eigenvalue weighted by molar-refractivity contribution is 0.0476. The zero-order chi connectivity index (χ0) is 16.2. The number of hydrogen-bond acceptors (Lipinski definition) is 6. The van der Waals surface area contributed by atoms with E-state index >= 15 is 0 Å². The summed E-state index contributed by atoms with van der Waals surface area (Å²) in [7, 11) is -3.43. The average molecular weight is 339 g/mol. The second-order valence-electron chi connectivity index (χ2n) is 4.43. The van der Waals surface area contributed by atoms with Gasteiger partial charge in [-0.3, -0.25) is 9.52 Å². The Balaban J connectivity index is 2.01. The summed E-state index contributed by atoms with van der Waals surface area (Å²) in [6, 6.07) is 9.24. The maximum Gasteiger partial charge on any atom is 0.338 e. The van der Waals surface area contributed by atoms with Crippen molar-refractivity contribution in [2.45, 2.75) is 0 Å². The molecule has 22 heavy (non-hydrogen) atoms. The summed E-state index contributed by atoms with van der Waals surface area (Å²) in [6.45, 7) is -0.358. The van der Waals surface area contributed by atoms with Crippen molar-refractivity contribution in [3.05, 3.63) is 52.2 Å². The van der Waals surface area contributed by atoms with Crippen LogP contribution in [0.2, 0.25) is 0 Å². The number of sulfonamides is 1. The molecular weight excluding hydrogens is 326 g/mol. The van der Waals surface area contributed by atoms with Crippen LogP contribution in [0.1, 0.15) is 20.0 Å². The number of carbonyl (C=O) groups is 2. The highest BCUT2D eigenvalue weighted by Gasteiger charge is 2.13. The van der Waals surface area contributed by atoms with E-state index in [0.717, 1.165) is 6.26 Å². The van der Waals surface area contributed by atoms with Crippen LogP contribution in [0.4, 0.5) is 5.69 Å². The van der Waals surface area contributed by atoms with Gasteiger partial charge in [0.2, 0.25) is 15.8 Å². The van der Waals surface area contributed by atoms with Crippen molar-refractivity contribution < 1.29 is 22.7 Å². The van der Waals surface area contributed by atoms with Crippen LogP contribution in [0.3, 0.4) is 0 Å². The maximum atomic E-state index is 11.9. The minimum Gasteiger partial charge on any atom is -0.454 e. The van der Waals surface area contributed by atoms with Gasteiger partial charge in [0.1, 0.15) is 0 Å². The Hall–Kier alpha value is -2.19. The van der Waals surface area contributed by atoms with E-state index in [4.69, 9.17) is 4.74 Å². The van der Waals surface area contributed by atoms with Crippen molar-refractivity contribution >= 4 is 38.8 Å². The first kappa shape index (κ1) is 16.2. The van der Waals surface area contributed by atoms with Crippen LogP contribution in [0, 0.1) is 0 Å². The predicted octanol–water partition coefficient (Wildman–Crippen LogP) is 2.16. The highest BCUT2D eigenvalue weighted by molar-refractivity contribution is 7.92. The Labute approximate surface area is 131 Å². The molecule has 1 heterocycles. The van der Waals surface area contributed by atoms with E-state index in [1.54, 1.807) is 17.5 Å². The summed E-state index contributed by atoms with van der Waals surface area (Å²) in [5, 5.41) is 1.76. The zero-order valence-electron chi connectivity index (χ0n) is 11.6.